The molecule has 2 amide bonds. The Morgan fingerprint density at radius 1 is 1.19 bits per heavy atom. The number of hydrogen-bond acceptors (Lipinski definition) is 5. The third-order valence-electron chi connectivity index (χ3n) is 4.04. The Morgan fingerprint density at radius 3 is 2.81 bits per heavy atom. The summed E-state index contributed by atoms with van der Waals surface area (Å²) in [7, 11) is 0. The largest absolute Gasteiger partial charge is 0.478 e. The summed E-state index contributed by atoms with van der Waals surface area (Å²) < 4.78 is 10.5. The highest BCUT2D eigenvalue weighted by Gasteiger charge is 2.30. The SMILES string of the molecule is CCc1cccc(NC(=O)COC(=O)CC2Oc3ccccc3NC2=O)c1. The number of rotatable bonds is 6. The number of benzene rings is 2. The Morgan fingerprint density at radius 2 is 2.00 bits per heavy atom. The van der Waals surface area contributed by atoms with Crippen molar-refractivity contribution in [1.82, 2.24) is 0 Å². The smallest absolute Gasteiger partial charge is 0.310 e. The van der Waals surface area contributed by atoms with Gasteiger partial charge in [-0.1, -0.05) is 31.2 Å². The van der Waals surface area contributed by atoms with Crippen LogP contribution in [0.3, 0.4) is 0 Å². The molecule has 0 radical (unpaired) electrons. The van der Waals surface area contributed by atoms with Crippen molar-refractivity contribution < 1.29 is 23.9 Å². The van der Waals surface area contributed by atoms with Gasteiger partial charge in [0.05, 0.1) is 12.1 Å². The molecule has 0 aromatic heterocycles. The molecule has 0 saturated carbocycles. The summed E-state index contributed by atoms with van der Waals surface area (Å²) in [5.41, 5.74) is 2.29. The molecule has 0 fully saturated rings. The lowest BCUT2D eigenvalue weighted by Crippen LogP contribution is -2.39. The lowest BCUT2D eigenvalue weighted by molar-refractivity contribution is -0.150. The first-order chi connectivity index (χ1) is 13.0. The van der Waals surface area contributed by atoms with Crippen LogP contribution < -0.4 is 15.4 Å². The maximum absolute atomic E-state index is 12.0. The summed E-state index contributed by atoms with van der Waals surface area (Å²) in [5, 5.41) is 5.34. The van der Waals surface area contributed by atoms with Crippen LogP contribution in [0.5, 0.6) is 5.75 Å². The molecule has 2 N–H and O–H groups in total. The van der Waals surface area contributed by atoms with E-state index < -0.39 is 30.5 Å². The first-order valence-electron chi connectivity index (χ1n) is 8.66. The molecular weight excluding hydrogens is 348 g/mol. The van der Waals surface area contributed by atoms with E-state index in [0.717, 1.165) is 12.0 Å². The van der Waals surface area contributed by atoms with Gasteiger partial charge < -0.3 is 20.1 Å². The van der Waals surface area contributed by atoms with Crippen molar-refractivity contribution in [2.45, 2.75) is 25.9 Å². The average molecular weight is 368 g/mol. The molecule has 1 aliphatic rings. The molecule has 27 heavy (non-hydrogen) atoms. The van der Waals surface area contributed by atoms with Crippen LogP contribution in [0.15, 0.2) is 48.5 Å². The average Bonchev–Trinajstić information content (AvgIpc) is 2.67. The predicted octanol–water partition coefficient (Wildman–Crippen LogP) is 2.52. The molecule has 140 valence electrons. The van der Waals surface area contributed by atoms with Crippen LogP contribution in [0.2, 0.25) is 0 Å². The van der Waals surface area contributed by atoms with Crippen molar-refractivity contribution in [1.29, 1.82) is 0 Å². The third kappa shape index (κ3) is 4.84. The molecule has 2 aromatic carbocycles. The van der Waals surface area contributed by atoms with E-state index in [-0.39, 0.29) is 6.42 Å². The fraction of sp³-hybridized carbons (Fsp3) is 0.250. The van der Waals surface area contributed by atoms with Gasteiger partial charge in [-0.05, 0) is 36.2 Å². The van der Waals surface area contributed by atoms with Gasteiger partial charge in [0, 0.05) is 5.69 Å². The van der Waals surface area contributed by atoms with Crippen molar-refractivity contribution in [3.63, 3.8) is 0 Å². The quantitative estimate of drug-likeness (QED) is 0.764. The molecule has 1 atom stereocenters. The fourth-order valence-corrected chi connectivity index (χ4v) is 2.65. The number of para-hydroxylation sites is 2. The second-order valence-electron chi connectivity index (χ2n) is 6.06. The lowest BCUT2D eigenvalue weighted by Gasteiger charge is -2.25. The van der Waals surface area contributed by atoms with Crippen molar-refractivity contribution in [3.05, 3.63) is 54.1 Å². The molecule has 1 unspecified atom stereocenters. The Balaban J connectivity index is 1.48. The number of anilines is 2. The number of fused-ring (bicyclic) bond motifs is 1. The van der Waals surface area contributed by atoms with Gasteiger partial charge in [0.2, 0.25) is 0 Å². The topological polar surface area (TPSA) is 93.7 Å². The maximum Gasteiger partial charge on any atom is 0.310 e. The lowest BCUT2D eigenvalue weighted by atomic mass is 10.1. The third-order valence-corrected chi connectivity index (χ3v) is 4.04. The number of aryl methyl sites for hydroxylation is 1. The van der Waals surface area contributed by atoms with Crippen LogP contribution in [0.1, 0.15) is 18.9 Å². The normalized spacial score (nSPS) is 15.1. The van der Waals surface area contributed by atoms with Gasteiger partial charge in [-0.15, -0.1) is 0 Å². The highest BCUT2D eigenvalue weighted by atomic mass is 16.5. The van der Waals surface area contributed by atoms with E-state index in [1.54, 1.807) is 30.3 Å². The minimum absolute atomic E-state index is 0.279. The Kier molecular flexibility index (Phi) is 5.71. The summed E-state index contributed by atoms with van der Waals surface area (Å²) in [5.74, 6) is -1.07. The second-order valence-corrected chi connectivity index (χ2v) is 6.06. The van der Waals surface area contributed by atoms with Crippen molar-refractivity contribution in [2.75, 3.05) is 17.2 Å². The van der Waals surface area contributed by atoms with E-state index in [1.807, 2.05) is 25.1 Å². The first-order valence-corrected chi connectivity index (χ1v) is 8.66. The van der Waals surface area contributed by atoms with Gasteiger partial charge >= 0.3 is 5.97 Å². The highest BCUT2D eigenvalue weighted by Crippen LogP contribution is 2.29. The Hall–Kier alpha value is -3.35. The summed E-state index contributed by atoms with van der Waals surface area (Å²) in [6.45, 7) is 1.59. The van der Waals surface area contributed by atoms with Crippen LogP contribution in [0.4, 0.5) is 11.4 Å². The molecule has 0 saturated heterocycles. The molecule has 0 bridgehead atoms. The van der Waals surface area contributed by atoms with Gasteiger partial charge in [0.15, 0.2) is 12.7 Å². The Bertz CT molecular complexity index is 865. The predicted molar refractivity (Wildman–Crippen MR) is 99.5 cm³/mol. The van der Waals surface area contributed by atoms with Crippen LogP contribution in [-0.4, -0.2) is 30.5 Å². The fourth-order valence-electron chi connectivity index (χ4n) is 2.65. The summed E-state index contributed by atoms with van der Waals surface area (Å²) >= 11 is 0. The molecule has 3 rings (SSSR count). The summed E-state index contributed by atoms with van der Waals surface area (Å²) in [4.78, 5) is 35.9. The number of nitrogens with one attached hydrogen (secondary N) is 2. The van der Waals surface area contributed by atoms with Crippen LogP contribution in [-0.2, 0) is 25.5 Å². The second kappa shape index (κ2) is 8.35. The van der Waals surface area contributed by atoms with E-state index in [2.05, 4.69) is 10.6 Å². The molecule has 0 spiro atoms. The van der Waals surface area contributed by atoms with Gasteiger partial charge in [-0.25, -0.2) is 0 Å². The zero-order valence-electron chi connectivity index (χ0n) is 14.9. The maximum atomic E-state index is 12.0. The van der Waals surface area contributed by atoms with Gasteiger partial charge in [-0.3, -0.25) is 14.4 Å². The summed E-state index contributed by atoms with van der Waals surface area (Å²) in [6.07, 6.45) is -0.416. The van der Waals surface area contributed by atoms with Crippen LogP contribution in [0.25, 0.3) is 0 Å². The number of amides is 2. The molecule has 7 heteroatoms. The standard InChI is InChI=1S/C20H20N2O5/c1-2-13-6-5-7-14(10-13)21-18(23)12-26-19(24)11-17-20(25)22-15-8-3-4-9-16(15)27-17/h3-10,17H,2,11-12H2,1H3,(H,21,23)(H,22,25). The van der Waals surface area contributed by atoms with Crippen molar-refractivity contribution in [3.8, 4) is 5.75 Å². The van der Waals surface area contributed by atoms with Crippen LogP contribution >= 0.6 is 0 Å². The van der Waals surface area contributed by atoms with E-state index >= 15 is 0 Å². The van der Waals surface area contributed by atoms with Gasteiger partial charge in [0.25, 0.3) is 11.8 Å². The molecule has 2 aromatic rings. The highest BCUT2D eigenvalue weighted by molar-refractivity contribution is 5.99. The van der Waals surface area contributed by atoms with Crippen molar-refractivity contribution in [2.24, 2.45) is 0 Å². The van der Waals surface area contributed by atoms with Crippen molar-refractivity contribution >= 4 is 29.2 Å². The molecule has 1 aliphatic heterocycles. The van der Waals surface area contributed by atoms with Gasteiger partial charge in [-0.2, -0.15) is 0 Å². The van der Waals surface area contributed by atoms with Crippen LogP contribution in [0, 0.1) is 0 Å². The minimum atomic E-state index is -0.989. The number of carbonyl (C=O) groups is 3. The van der Waals surface area contributed by atoms with E-state index in [1.165, 1.54) is 0 Å². The van der Waals surface area contributed by atoms with E-state index in [9.17, 15) is 14.4 Å². The number of hydrogen-bond donors (Lipinski definition) is 2. The number of esters is 1. The number of carbonyl (C=O) groups excluding carboxylic acids is 3. The molecular formula is C20H20N2O5. The summed E-state index contributed by atoms with van der Waals surface area (Å²) in [6, 6.07) is 14.4. The molecule has 1 heterocycles. The first kappa shape index (κ1) is 18.4. The zero-order chi connectivity index (χ0) is 19.2. The minimum Gasteiger partial charge on any atom is -0.478 e. The monoisotopic (exact) mass is 368 g/mol. The molecule has 7 nitrogen and oxygen atoms in total. The zero-order valence-corrected chi connectivity index (χ0v) is 14.9. The molecule has 0 aliphatic carbocycles. The van der Waals surface area contributed by atoms with E-state index in [4.69, 9.17) is 9.47 Å². The Labute approximate surface area is 156 Å². The van der Waals surface area contributed by atoms with Gasteiger partial charge in [0.1, 0.15) is 5.75 Å². The van der Waals surface area contributed by atoms with E-state index in [0.29, 0.717) is 17.1 Å². The number of ether oxygens (including phenoxy) is 2.